The predicted octanol–water partition coefficient (Wildman–Crippen LogP) is 2.98. The first kappa shape index (κ1) is 13.3. The molecule has 15 heavy (non-hydrogen) atoms. The lowest BCUT2D eigenvalue weighted by Gasteiger charge is -2.26. The Kier molecular flexibility index (Phi) is 5.98. The van der Waals surface area contributed by atoms with Crippen molar-refractivity contribution in [3.05, 3.63) is 10.6 Å². The smallest absolute Gasteiger partial charge is 0.0771 e. The molecule has 0 bridgehead atoms. The highest BCUT2D eigenvalue weighted by Gasteiger charge is 2.27. The molecule has 2 N–H and O–H groups in total. The van der Waals surface area contributed by atoms with Crippen molar-refractivity contribution in [3.8, 4) is 0 Å². The van der Waals surface area contributed by atoms with Crippen molar-refractivity contribution in [2.45, 2.75) is 44.1 Å². The SMILES string of the molecule is OC1(CNCC(Cl)=CCl)CCCCCC1. The van der Waals surface area contributed by atoms with Gasteiger partial charge in [0.05, 0.1) is 5.60 Å². The van der Waals surface area contributed by atoms with Crippen LogP contribution in [0.2, 0.25) is 0 Å². The van der Waals surface area contributed by atoms with Crippen LogP contribution in [0.3, 0.4) is 0 Å². The van der Waals surface area contributed by atoms with Crippen LogP contribution in [0.5, 0.6) is 0 Å². The fourth-order valence-electron chi connectivity index (χ4n) is 2.02. The summed E-state index contributed by atoms with van der Waals surface area (Å²) in [7, 11) is 0. The van der Waals surface area contributed by atoms with E-state index in [0.717, 1.165) is 25.7 Å². The average Bonchev–Trinajstić information content (AvgIpc) is 2.43. The molecular formula is C11H19Cl2NO. The largest absolute Gasteiger partial charge is 0.389 e. The molecular weight excluding hydrogens is 233 g/mol. The quantitative estimate of drug-likeness (QED) is 0.754. The summed E-state index contributed by atoms with van der Waals surface area (Å²) in [5, 5.41) is 14.0. The van der Waals surface area contributed by atoms with Gasteiger partial charge in [0.2, 0.25) is 0 Å². The highest BCUT2D eigenvalue weighted by molar-refractivity contribution is 6.36. The summed E-state index contributed by atoms with van der Waals surface area (Å²) in [5.41, 5.74) is 0.811. The van der Waals surface area contributed by atoms with Crippen molar-refractivity contribution >= 4 is 23.2 Å². The minimum absolute atomic E-state index is 0.535. The molecule has 0 spiro atoms. The minimum atomic E-state index is -0.542. The van der Waals surface area contributed by atoms with Gasteiger partial charge in [-0.15, -0.1) is 0 Å². The molecule has 0 aromatic carbocycles. The number of halogens is 2. The second kappa shape index (κ2) is 6.74. The van der Waals surface area contributed by atoms with Gasteiger partial charge in [-0.25, -0.2) is 0 Å². The van der Waals surface area contributed by atoms with E-state index in [4.69, 9.17) is 23.2 Å². The number of hydrogen-bond donors (Lipinski definition) is 2. The van der Waals surface area contributed by atoms with Gasteiger partial charge in [-0.1, -0.05) is 48.9 Å². The molecule has 0 aromatic heterocycles. The van der Waals surface area contributed by atoms with Gasteiger partial charge in [-0.2, -0.15) is 0 Å². The lowest BCUT2D eigenvalue weighted by molar-refractivity contribution is 0.0262. The van der Waals surface area contributed by atoms with Crippen molar-refractivity contribution in [1.29, 1.82) is 0 Å². The summed E-state index contributed by atoms with van der Waals surface area (Å²) >= 11 is 11.2. The highest BCUT2D eigenvalue weighted by Crippen LogP contribution is 2.26. The molecule has 0 saturated heterocycles. The van der Waals surface area contributed by atoms with Gasteiger partial charge in [0, 0.05) is 23.7 Å². The summed E-state index contributed by atoms with van der Waals surface area (Å²) in [4.78, 5) is 0. The minimum Gasteiger partial charge on any atom is -0.389 e. The van der Waals surface area contributed by atoms with Gasteiger partial charge < -0.3 is 10.4 Å². The zero-order valence-electron chi connectivity index (χ0n) is 8.94. The second-order valence-electron chi connectivity index (χ2n) is 4.30. The third kappa shape index (κ3) is 5.21. The Morgan fingerprint density at radius 1 is 1.27 bits per heavy atom. The fraction of sp³-hybridized carbons (Fsp3) is 0.818. The zero-order chi connectivity index (χ0) is 11.1. The van der Waals surface area contributed by atoms with Crippen LogP contribution in [0.15, 0.2) is 10.6 Å². The molecule has 2 nitrogen and oxygen atoms in total. The Hall–Kier alpha value is 0.240. The third-order valence-electron chi connectivity index (χ3n) is 2.90. The molecule has 88 valence electrons. The van der Waals surface area contributed by atoms with E-state index >= 15 is 0 Å². The predicted molar refractivity (Wildman–Crippen MR) is 65.3 cm³/mol. The van der Waals surface area contributed by atoms with Crippen LogP contribution in [0, 0.1) is 0 Å². The molecule has 1 saturated carbocycles. The first-order valence-electron chi connectivity index (χ1n) is 5.54. The van der Waals surface area contributed by atoms with Crippen LogP contribution in [0.1, 0.15) is 38.5 Å². The normalized spacial score (nSPS) is 22.5. The maximum atomic E-state index is 10.3. The average molecular weight is 252 g/mol. The Balaban J connectivity index is 2.28. The van der Waals surface area contributed by atoms with E-state index in [2.05, 4.69) is 5.32 Å². The van der Waals surface area contributed by atoms with E-state index in [0.29, 0.717) is 18.1 Å². The lowest BCUT2D eigenvalue weighted by Crippen LogP contribution is -2.40. The van der Waals surface area contributed by atoms with Gasteiger partial charge in [-0.05, 0) is 12.8 Å². The first-order valence-corrected chi connectivity index (χ1v) is 6.36. The monoisotopic (exact) mass is 251 g/mol. The summed E-state index contributed by atoms with van der Waals surface area (Å²) in [6.07, 6.45) is 6.51. The molecule has 1 fully saturated rings. The zero-order valence-corrected chi connectivity index (χ0v) is 10.4. The molecule has 0 aliphatic heterocycles. The Labute approximate surface area is 102 Å². The van der Waals surface area contributed by atoms with E-state index in [1.54, 1.807) is 0 Å². The second-order valence-corrected chi connectivity index (χ2v) is 5.00. The first-order chi connectivity index (χ1) is 7.16. The van der Waals surface area contributed by atoms with E-state index in [-0.39, 0.29) is 0 Å². The van der Waals surface area contributed by atoms with Crippen LogP contribution in [0.25, 0.3) is 0 Å². The Morgan fingerprint density at radius 2 is 1.87 bits per heavy atom. The van der Waals surface area contributed by atoms with Crippen LogP contribution < -0.4 is 5.32 Å². The summed E-state index contributed by atoms with van der Waals surface area (Å²) in [6.45, 7) is 1.14. The molecule has 0 atom stereocenters. The number of rotatable bonds is 4. The van der Waals surface area contributed by atoms with E-state index in [9.17, 15) is 5.11 Å². The van der Waals surface area contributed by atoms with Crippen LogP contribution >= 0.6 is 23.2 Å². The van der Waals surface area contributed by atoms with E-state index in [1.807, 2.05) is 0 Å². The lowest BCUT2D eigenvalue weighted by atomic mass is 9.94. The van der Waals surface area contributed by atoms with Crippen molar-refractivity contribution in [2.75, 3.05) is 13.1 Å². The maximum Gasteiger partial charge on any atom is 0.0771 e. The Bertz CT molecular complexity index is 211. The summed E-state index contributed by atoms with van der Waals surface area (Å²) in [6, 6.07) is 0. The number of aliphatic hydroxyl groups is 1. The molecule has 0 heterocycles. The van der Waals surface area contributed by atoms with Gasteiger partial charge in [0.1, 0.15) is 0 Å². The molecule has 1 aliphatic carbocycles. The maximum absolute atomic E-state index is 10.3. The molecule has 0 radical (unpaired) electrons. The molecule has 4 heteroatoms. The third-order valence-corrected chi connectivity index (χ3v) is 3.52. The van der Waals surface area contributed by atoms with Crippen molar-refractivity contribution < 1.29 is 5.11 Å². The topological polar surface area (TPSA) is 32.3 Å². The van der Waals surface area contributed by atoms with Gasteiger partial charge in [0.15, 0.2) is 0 Å². The Morgan fingerprint density at radius 3 is 2.40 bits per heavy atom. The van der Waals surface area contributed by atoms with Crippen molar-refractivity contribution in [2.24, 2.45) is 0 Å². The molecule has 0 unspecified atom stereocenters. The van der Waals surface area contributed by atoms with Gasteiger partial charge in [0.25, 0.3) is 0 Å². The number of nitrogens with one attached hydrogen (secondary N) is 1. The molecule has 1 rings (SSSR count). The van der Waals surface area contributed by atoms with Crippen LogP contribution in [-0.4, -0.2) is 23.8 Å². The van der Waals surface area contributed by atoms with Crippen LogP contribution in [0.4, 0.5) is 0 Å². The molecule has 0 aromatic rings. The van der Waals surface area contributed by atoms with Gasteiger partial charge >= 0.3 is 0 Å². The fourth-order valence-corrected chi connectivity index (χ4v) is 2.19. The number of hydrogen-bond acceptors (Lipinski definition) is 2. The van der Waals surface area contributed by atoms with Crippen LogP contribution in [-0.2, 0) is 0 Å². The summed E-state index contributed by atoms with van der Waals surface area (Å²) < 4.78 is 0. The molecule has 1 aliphatic rings. The highest BCUT2D eigenvalue weighted by atomic mass is 35.5. The van der Waals surface area contributed by atoms with E-state index < -0.39 is 5.60 Å². The summed E-state index contributed by atoms with van der Waals surface area (Å²) in [5.74, 6) is 0. The van der Waals surface area contributed by atoms with E-state index in [1.165, 1.54) is 18.4 Å². The van der Waals surface area contributed by atoms with Crippen molar-refractivity contribution in [3.63, 3.8) is 0 Å². The van der Waals surface area contributed by atoms with Gasteiger partial charge in [-0.3, -0.25) is 0 Å². The van der Waals surface area contributed by atoms with Crippen molar-refractivity contribution in [1.82, 2.24) is 5.32 Å². The molecule has 0 amide bonds. The standard InChI is InChI=1S/C11H19Cl2NO/c12-7-10(13)8-14-9-11(15)5-3-1-2-4-6-11/h7,14-15H,1-6,8-9H2.